The summed E-state index contributed by atoms with van der Waals surface area (Å²) in [4.78, 5) is 59.5. The number of hydrogen-bond acceptors (Lipinski definition) is 10. The molecular formula is C24H16O10. The zero-order valence-corrected chi connectivity index (χ0v) is 18.1. The second-order valence-electron chi connectivity index (χ2n) is 7.18. The van der Waals surface area contributed by atoms with Crippen molar-refractivity contribution < 1.29 is 37.4 Å². The van der Waals surface area contributed by atoms with Crippen LogP contribution < -0.4 is 25.5 Å². The molecule has 4 rings (SSSR count). The number of rotatable bonds is 4. The second kappa shape index (κ2) is 8.66. The molecule has 2 aromatic heterocycles. The van der Waals surface area contributed by atoms with Crippen molar-refractivity contribution in [3.8, 4) is 28.4 Å². The van der Waals surface area contributed by atoms with Crippen LogP contribution in [-0.4, -0.2) is 17.9 Å². The quantitative estimate of drug-likeness (QED) is 0.251. The largest absolute Gasteiger partial charge is 0.427 e. The predicted molar refractivity (Wildman–Crippen MR) is 118 cm³/mol. The molecule has 10 heteroatoms. The van der Waals surface area contributed by atoms with Crippen LogP contribution in [0.2, 0.25) is 0 Å². The molecule has 0 unspecified atom stereocenters. The van der Waals surface area contributed by atoms with E-state index >= 15 is 0 Å². The van der Waals surface area contributed by atoms with Gasteiger partial charge in [-0.3, -0.25) is 14.4 Å². The van der Waals surface area contributed by atoms with Gasteiger partial charge in [-0.05, 0) is 30.3 Å². The van der Waals surface area contributed by atoms with E-state index in [9.17, 15) is 24.0 Å². The van der Waals surface area contributed by atoms with E-state index in [0.717, 1.165) is 19.9 Å². The minimum Gasteiger partial charge on any atom is -0.427 e. The fourth-order valence-corrected chi connectivity index (χ4v) is 3.39. The lowest BCUT2D eigenvalue weighted by atomic mass is 10.0. The van der Waals surface area contributed by atoms with Gasteiger partial charge in [0.15, 0.2) is 11.3 Å². The van der Waals surface area contributed by atoms with Crippen LogP contribution in [0, 0.1) is 0 Å². The van der Waals surface area contributed by atoms with Crippen LogP contribution in [0.1, 0.15) is 20.8 Å². The molecule has 0 aliphatic heterocycles. The van der Waals surface area contributed by atoms with Gasteiger partial charge in [0, 0.05) is 49.2 Å². The normalized spacial score (nSPS) is 10.8. The van der Waals surface area contributed by atoms with Gasteiger partial charge in [0.1, 0.15) is 11.3 Å². The van der Waals surface area contributed by atoms with Crippen molar-refractivity contribution >= 4 is 39.8 Å². The molecular weight excluding hydrogens is 448 g/mol. The average molecular weight is 464 g/mol. The molecule has 2 aromatic carbocycles. The van der Waals surface area contributed by atoms with E-state index < -0.39 is 29.2 Å². The van der Waals surface area contributed by atoms with Crippen LogP contribution in [0.15, 0.2) is 60.9 Å². The summed E-state index contributed by atoms with van der Waals surface area (Å²) in [6.07, 6.45) is 0. The Labute approximate surface area is 190 Å². The standard InChI is InChI=1S/C24H16O10/c1-11(25)30-15-5-4-14-8-18(24(29)33-20(14)9-15)17-10-21(28)34-22-16(17)6-7-19(31-12(2)26)23(22)32-13(3)27/h4-10H,1-3H3. The molecule has 34 heavy (non-hydrogen) atoms. The molecule has 0 fully saturated rings. The molecule has 0 saturated heterocycles. The molecule has 0 N–H and O–H groups in total. The van der Waals surface area contributed by atoms with Crippen molar-refractivity contribution in [2.24, 2.45) is 0 Å². The summed E-state index contributed by atoms with van der Waals surface area (Å²) in [7, 11) is 0. The van der Waals surface area contributed by atoms with Gasteiger partial charge in [0.2, 0.25) is 5.75 Å². The second-order valence-corrected chi connectivity index (χ2v) is 7.18. The van der Waals surface area contributed by atoms with Gasteiger partial charge >= 0.3 is 29.2 Å². The van der Waals surface area contributed by atoms with Gasteiger partial charge in [0.25, 0.3) is 0 Å². The van der Waals surface area contributed by atoms with Gasteiger partial charge in [-0.1, -0.05) is 0 Å². The Hall–Kier alpha value is -4.73. The van der Waals surface area contributed by atoms with Crippen molar-refractivity contribution in [2.45, 2.75) is 20.8 Å². The Morgan fingerprint density at radius 1 is 0.735 bits per heavy atom. The van der Waals surface area contributed by atoms with E-state index in [1.165, 1.54) is 37.3 Å². The molecule has 0 amide bonds. The molecule has 0 aliphatic carbocycles. The number of carbonyl (C=O) groups excluding carboxylic acids is 3. The maximum Gasteiger partial charge on any atom is 0.344 e. The first kappa shape index (κ1) is 22.5. The summed E-state index contributed by atoms with van der Waals surface area (Å²) in [5.41, 5.74) is -1.48. The highest BCUT2D eigenvalue weighted by atomic mass is 16.6. The zero-order valence-electron chi connectivity index (χ0n) is 18.1. The SMILES string of the molecule is CC(=O)Oc1ccc2cc(-c3cc(=O)oc4c(OC(C)=O)c(OC(C)=O)ccc34)c(=O)oc2c1. The van der Waals surface area contributed by atoms with Crippen molar-refractivity contribution in [2.75, 3.05) is 0 Å². The third-order valence-electron chi connectivity index (χ3n) is 4.59. The summed E-state index contributed by atoms with van der Waals surface area (Å²) < 4.78 is 25.9. The highest BCUT2D eigenvalue weighted by Crippen LogP contribution is 2.39. The minimum absolute atomic E-state index is 0.0275. The predicted octanol–water partition coefficient (Wildman–Crippen LogP) is 3.34. The Balaban J connectivity index is 1.97. The first-order valence-corrected chi connectivity index (χ1v) is 9.87. The number of carbonyl (C=O) groups is 3. The summed E-state index contributed by atoms with van der Waals surface area (Å²) in [5.74, 6) is -2.19. The monoisotopic (exact) mass is 464 g/mol. The van der Waals surface area contributed by atoms with Gasteiger partial charge in [-0.2, -0.15) is 0 Å². The Morgan fingerprint density at radius 2 is 1.44 bits per heavy atom. The van der Waals surface area contributed by atoms with Crippen molar-refractivity contribution in [1.82, 2.24) is 0 Å². The van der Waals surface area contributed by atoms with Crippen LogP contribution >= 0.6 is 0 Å². The summed E-state index contributed by atoms with van der Waals surface area (Å²) in [6.45, 7) is 3.52. The third-order valence-corrected chi connectivity index (χ3v) is 4.59. The van der Waals surface area contributed by atoms with Crippen molar-refractivity contribution in [1.29, 1.82) is 0 Å². The summed E-state index contributed by atoms with van der Waals surface area (Å²) in [6, 6.07) is 9.89. The number of hydrogen-bond donors (Lipinski definition) is 0. The van der Waals surface area contributed by atoms with E-state index in [2.05, 4.69) is 0 Å². The average Bonchev–Trinajstić information content (AvgIpc) is 2.73. The number of ether oxygens (including phenoxy) is 3. The van der Waals surface area contributed by atoms with Gasteiger partial charge in [0.05, 0.1) is 5.56 Å². The van der Waals surface area contributed by atoms with Crippen LogP contribution in [0.3, 0.4) is 0 Å². The first-order chi connectivity index (χ1) is 16.1. The lowest BCUT2D eigenvalue weighted by Gasteiger charge is -2.12. The van der Waals surface area contributed by atoms with E-state index in [1.807, 2.05) is 0 Å². The summed E-state index contributed by atoms with van der Waals surface area (Å²) in [5, 5.41) is 0.721. The van der Waals surface area contributed by atoms with Gasteiger partial charge in [-0.25, -0.2) is 9.59 Å². The van der Waals surface area contributed by atoms with Crippen molar-refractivity contribution in [3.63, 3.8) is 0 Å². The molecule has 0 saturated carbocycles. The molecule has 172 valence electrons. The van der Waals surface area contributed by atoms with Crippen LogP contribution in [-0.2, 0) is 14.4 Å². The fraction of sp³-hybridized carbons (Fsp3) is 0.125. The Kier molecular flexibility index (Phi) is 5.72. The highest BCUT2D eigenvalue weighted by Gasteiger charge is 2.21. The van der Waals surface area contributed by atoms with Crippen LogP contribution in [0.4, 0.5) is 0 Å². The smallest absolute Gasteiger partial charge is 0.344 e. The van der Waals surface area contributed by atoms with E-state index in [0.29, 0.717) is 5.39 Å². The Morgan fingerprint density at radius 3 is 2.12 bits per heavy atom. The third kappa shape index (κ3) is 4.42. The summed E-state index contributed by atoms with van der Waals surface area (Å²) >= 11 is 0. The van der Waals surface area contributed by atoms with Gasteiger partial charge < -0.3 is 23.0 Å². The molecule has 10 nitrogen and oxygen atoms in total. The molecule has 0 spiro atoms. The minimum atomic E-state index is -0.847. The molecule has 2 heterocycles. The van der Waals surface area contributed by atoms with E-state index in [4.69, 9.17) is 23.0 Å². The lowest BCUT2D eigenvalue weighted by molar-refractivity contribution is -0.134. The molecule has 0 radical (unpaired) electrons. The topological polar surface area (TPSA) is 139 Å². The van der Waals surface area contributed by atoms with Crippen LogP contribution in [0.25, 0.3) is 33.1 Å². The number of esters is 3. The van der Waals surface area contributed by atoms with Gasteiger partial charge in [-0.15, -0.1) is 0 Å². The number of benzene rings is 2. The Bertz CT molecular complexity index is 1610. The molecule has 4 aromatic rings. The van der Waals surface area contributed by atoms with E-state index in [-0.39, 0.29) is 44.9 Å². The first-order valence-electron chi connectivity index (χ1n) is 9.87. The van der Waals surface area contributed by atoms with E-state index in [1.54, 1.807) is 6.07 Å². The molecule has 0 aliphatic rings. The lowest BCUT2D eigenvalue weighted by Crippen LogP contribution is -2.10. The number of fused-ring (bicyclic) bond motifs is 2. The van der Waals surface area contributed by atoms with Crippen molar-refractivity contribution in [3.05, 3.63) is 63.3 Å². The maximum absolute atomic E-state index is 12.8. The zero-order chi connectivity index (χ0) is 24.6. The highest BCUT2D eigenvalue weighted by molar-refractivity contribution is 5.99. The molecule has 0 atom stereocenters. The molecule has 0 bridgehead atoms. The maximum atomic E-state index is 12.8. The van der Waals surface area contributed by atoms with Crippen LogP contribution in [0.5, 0.6) is 17.2 Å². The fourth-order valence-electron chi connectivity index (χ4n) is 3.39.